The maximum absolute atomic E-state index is 10.1. The highest BCUT2D eigenvalue weighted by Gasteiger charge is 2.20. The second-order valence-corrected chi connectivity index (χ2v) is 4.26. The Morgan fingerprint density at radius 3 is 2.16 bits per heavy atom. The van der Waals surface area contributed by atoms with Crippen molar-refractivity contribution in [1.82, 2.24) is 5.06 Å². The Morgan fingerprint density at radius 1 is 0.895 bits per heavy atom. The maximum atomic E-state index is 10.1. The normalized spacial score (nSPS) is 18.3. The summed E-state index contributed by atoms with van der Waals surface area (Å²) in [6, 6.07) is 19.2. The molecule has 0 saturated heterocycles. The largest absolute Gasteiger partial charge is 0.286 e. The van der Waals surface area contributed by atoms with Crippen LogP contribution in [-0.2, 0) is 0 Å². The van der Waals surface area contributed by atoms with Gasteiger partial charge in [0.15, 0.2) is 6.17 Å². The third kappa shape index (κ3) is 2.39. The van der Waals surface area contributed by atoms with Crippen LogP contribution in [0.2, 0.25) is 0 Å². The summed E-state index contributed by atoms with van der Waals surface area (Å²) in [5, 5.41) is 19.5. The molecule has 0 aliphatic carbocycles. The topological polar surface area (TPSA) is 48.2 Å². The first-order chi connectivity index (χ1) is 9.34. The monoisotopic (exact) mass is 251 g/mol. The van der Waals surface area contributed by atoms with Crippen molar-refractivity contribution < 1.29 is 5.21 Å². The van der Waals surface area contributed by atoms with Gasteiger partial charge in [-0.25, -0.2) is 5.06 Å². The molecule has 1 aliphatic rings. The van der Waals surface area contributed by atoms with Crippen molar-refractivity contribution in [3.8, 4) is 0 Å². The summed E-state index contributed by atoms with van der Waals surface area (Å²) in [6.07, 6.45) is 1.12. The number of rotatable bonds is 2. The summed E-state index contributed by atoms with van der Waals surface area (Å²) in [5.41, 5.74) is 2.48. The molecule has 1 aliphatic heterocycles. The highest BCUT2D eigenvalue weighted by Crippen LogP contribution is 2.29. The highest BCUT2D eigenvalue weighted by atomic mass is 16.5. The minimum Gasteiger partial charge on any atom is -0.286 e. The third-order valence-corrected chi connectivity index (χ3v) is 2.95. The van der Waals surface area contributed by atoms with Crippen molar-refractivity contribution >= 4 is 5.70 Å². The van der Waals surface area contributed by atoms with Gasteiger partial charge in [-0.1, -0.05) is 60.7 Å². The Morgan fingerprint density at radius 2 is 1.53 bits per heavy atom. The molecule has 0 radical (unpaired) electrons. The molecule has 94 valence electrons. The van der Waals surface area contributed by atoms with Crippen LogP contribution in [0.4, 0.5) is 0 Å². The van der Waals surface area contributed by atoms with Gasteiger partial charge in [0.25, 0.3) is 0 Å². The van der Waals surface area contributed by atoms with Gasteiger partial charge in [-0.3, -0.25) is 5.21 Å². The predicted molar refractivity (Wildman–Crippen MR) is 72.1 cm³/mol. The van der Waals surface area contributed by atoms with E-state index in [9.17, 15) is 5.21 Å². The van der Waals surface area contributed by atoms with Crippen LogP contribution in [0.3, 0.4) is 0 Å². The number of hydrogen-bond acceptors (Lipinski definition) is 4. The lowest BCUT2D eigenvalue weighted by Gasteiger charge is -2.24. The predicted octanol–water partition coefficient (Wildman–Crippen LogP) is 3.84. The Kier molecular flexibility index (Phi) is 3.08. The van der Waals surface area contributed by atoms with Crippen LogP contribution in [0.25, 0.3) is 5.70 Å². The Labute approximate surface area is 111 Å². The number of nitrogens with zero attached hydrogens (tertiary/aromatic N) is 3. The molecule has 0 fully saturated rings. The van der Waals surface area contributed by atoms with Gasteiger partial charge in [0.05, 0.1) is 6.20 Å². The average molecular weight is 251 g/mol. The first kappa shape index (κ1) is 11.6. The van der Waals surface area contributed by atoms with Gasteiger partial charge in [-0.05, 0) is 0 Å². The Balaban J connectivity index is 1.87. The van der Waals surface area contributed by atoms with Crippen LogP contribution in [0, 0.1) is 0 Å². The molecule has 1 heterocycles. The minimum absolute atomic E-state index is 0.478. The average Bonchev–Trinajstić information content (AvgIpc) is 2.49. The summed E-state index contributed by atoms with van der Waals surface area (Å²) in [5.74, 6) is 0. The first-order valence-corrected chi connectivity index (χ1v) is 6.05. The van der Waals surface area contributed by atoms with Crippen molar-refractivity contribution in [2.75, 3.05) is 0 Å². The quantitative estimate of drug-likeness (QED) is 0.881. The molecule has 1 unspecified atom stereocenters. The van der Waals surface area contributed by atoms with Gasteiger partial charge < -0.3 is 0 Å². The van der Waals surface area contributed by atoms with Crippen LogP contribution in [0.15, 0.2) is 77.1 Å². The van der Waals surface area contributed by atoms with Gasteiger partial charge >= 0.3 is 0 Å². The van der Waals surface area contributed by atoms with Crippen LogP contribution < -0.4 is 0 Å². The Bertz CT molecular complexity index is 608. The summed E-state index contributed by atoms with van der Waals surface area (Å²) in [6.45, 7) is 0. The smallest absolute Gasteiger partial charge is 0.191 e. The summed E-state index contributed by atoms with van der Waals surface area (Å²) in [4.78, 5) is 0. The van der Waals surface area contributed by atoms with Gasteiger partial charge in [-0.2, -0.15) is 10.2 Å². The van der Waals surface area contributed by atoms with E-state index in [4.69, 9.17) is 0 Å². The van der Waals surface area contributed by atoms with E-state index in [1.807, 2.05) is 60.7 Å². The number of hydrogen-bond donors (Lipinski definition) is 1. The molecule has 2 aromatic carbocycles. The summed E-state index contributed by atoms with van der Waals surface area (Å²) < 4.78 is 0. The zero-order valence-corrected chi connectivity index (χ0v) is 10.2. The van der Waals surface area contributed by atoms with Crippen molar-refractivity contribution in [1.29, 1.82) is 0 Å². The van der Waals surface area contributed by atoms with E-state index in [-0.39, 0.29) is 0 Å². The molecule has 1 atom stereocenters. The minimum atomic E-state index is -0.478. The van der Waals surface area contributed by atoms with E-state index in [1.165, 1.54) is 0 Å². The van der Waals surface area contributed by atoms with Crippen LogP contribution in [0.1, 0.15) is 17.3 Å². The fourth-order valence-electron chi connectivity index (χ4n) is 1.98. The van der Waals surface area contributed by atoms with Crippen molar-refractivity contribution in [2.45, 2.75) is 6.17 Å². The number of benzene rings is 2. The fraction of sp³-hybridized carbons (Fsp3) is 0.0667. The highest BCUT2D eigenvalue weighted by molar-refractivity contribution is 5.64. The van der Waals surface area contributed by atoms with E-state index in [1.54, 1.807) is 6.20 Å². The maximum Gasteiger partial charge on any atom is 0.191 e. The fourth-order valence-corrected chi connectivity index (χ4v) is 1.98. The molecule has 1 N–H and O–H groups in total. The van der Waals surface area contributed by atoms with E-state index in [0.29, 0.717) is 5.70 Å². The van der Waals surface area contributed by atoms with Crippen LogP contribution in [-0.4, -0.2) is 10.3 Å². The number of azo groups is 1. The van der Waals surface area contributed by atoms with Crippen molar-refractivity contribution in [2.24, 2.45) is 10.2 Å². The molecule has 4 nitrogen and oxygen atoms in total. The lowest BCUT2D eigenvalue weighted by Crippen LogP contribution is -2.20. The second kappa shape index (κ2) is 5.04. The summed E-state index contributed by atoms with van der Waals surface area (Å²) >= 11 is 0. The molecule has 0 bridgehead atoms. The van der Waals surface area contributed by atoms with E-state index in [2.05, 4.69) is 10.2 Å². The van der Waals surface area contributed by atoms with Gasteiger partial charge in [0, 0.05) is 11.1 Å². The molecule has 2 aromatic rings. The SMILES string of the molecule is ON1C=C(c2ccccc2)N=NC1c1ccccc1. The van der Waals surface area contributed by atoms with E-state index >= 15 is 0 Å². The second-order valence-electron chi connectivity index (χ2n) is 4.26. The lowest BCUT2D eigenvalue weighted by atomic mass is 10.1. The van der Waals surface area contributed by atoms with E-state index < -0.39 is 6.17 Å². The molecular weight excluding hydrogens is 238 g/mol. The molecule has 4 heteroatoms. The standard InChI is InChI=1S/C15H13N3O/c19-18-11-14(12-7-3-1-4-8-12)16-17-15(18)13-9-5-2-6-10-13/h1-11,15,19H. The summed E-state index contributed by atoms with van der Waals surface area (Å²) in [7, 11) is 0. The van der Waals surface area contributed by atoms with Gasteiger partial charge in [-0.15, -0.1) is 0 Å². The first-order valence-electron chi connectivity index (χ1n) is 6.05. The zero-order chi connectivity index (χ0) is 13.1. The van der Waals surface area contributed by atoms with Crippen molar-refractivity contribution in [3.63, 3.8) is 0 Å². The zero-order valence-electron chi connectivity index (χ0n) is 10.2. The van der Waals surface area contributed by atoms with Crippen LogP contribution in [0.5, 0.6) is 0 Å². The molecule has 19 heavy (non-hydrogen) atoms. The molecule has 0 spiro atoms. The van der Waals surface area contributed by atoms with Crippen LogP contribution >= 0.6 is 0 Å². The molecule has 0 amide bonds. The van der Waals surface area contributed by atoms with Gasteiger partial charge in [0.2, 0.25) is 0 Å². The molecule has 3 rings (SSSR count). The third-order valence-electron chi connectivity index (χ3n) is 2.95. The number of hydroxylamine groups is 2. The Hall–Kier alpha value is -2.46. The molecule has 0 aromatic heterocycles. The molecular formula is C15H13N3O. The lowest BCUT2D eigenvalue weighted by molar-refractivity contribution is -0.0821. The molecule has 0 saturated carbocycles. The van der Waals surface area contributed by atoms with E-state index in [0.717, 1.165) is 16.2 Å². The van der Waals surface area contributed by atoms with Crippen molar-refractivity contribution in [3.05, 3.63) is 78.0 Å². The van der Waals surface area contributed by atoms with Gasteiger partial charge in [0.1, 0.15) is 5.70 Å².